The van der Waals surface area contributed by atoms with Crippen LogP contribution in [0.2, 0.25) is 0 Å². The van der Waals surface area contributed by atoms with Crippen LogP contribution in [0, 0.1) is 0 Å². The minimum absolute atomic E-state index is 0.102. The summed E-state index contributed by atoms with van der Waals surface area (Å²) in [5, 5.41) is 0.149. The van der Waals surface area contributed by atoms with Crippen molar-refractivity contribution in [3.05, 3.63) is 58.5 Å². The Morgan fingerprint density at radius 3 is 2.35 bits per heavy atom. The van der Waals surface area contributed by atoms with Crippen LogP contribution in [0.1, 0.15) is 64.0 Å². The van der Waals surface area contributed by atoms with Crippen molar-refractivity contribution >= 4 is 38.9 Å². The lowest BCUT2D eigenvalue weighted by atomic mass is 10.1. The molecule has 0 aliphatic carbocycles. The van der Waals surface area contributed by atoms with Crippen molar-refractivity contribution in [2.75, 3.05) is 20.3 Å². The summed E-state index contributed by atoms with van der Waals surface area (Å²) in [5.74, 6) is 0.956. The van der Waals surface area contributed by atoms with E-state index in [1.807, 2.05) is 19.1 Å². The van der Waals surface area contributed by atoms with Gasteiger partial charge in [0.2, 0.25) is 0 Å². The lowest BCUT2D eigenvalue weighted by Crippen LogP contribution is -2.29. The zero-order chi connectivity index (χ0) is 26.8. The summed E-state index contributed by atoms with van der Waals surface area (Å²) < 4.78 is 41.3. The third kappa shape index (κ3) is 7.61. The molecule has 0 bridgehead atoms. The molecule has 0 unspecified atom stereocenters. The molecule has 7 nitrogen and oxygen atoms in total. The highest BCUT2D eigenvalue weighted by Gasteiger charge is 2.34. The van der Waals surface area contributed by atoms with Gasteiger partial charge in [-0.25, -0.2) is 0 Å². The topological polar surface area (TPSA) is 85.3 Å². The van der Waals surface area contributed by atoms with Crippen molar-refractivity contribution in [2.45, 2.75) is 64.2 Å². The number of carbonyl (C=O) groups is 1. The summed E-state index contributed by atoms with van der Waals surface area (Å²) in [7, 11) is -2.36. The van der Waals surface area contributed by atoms with Gasteiger partial charge < -0.3 is 9.47 Å². The second-order valence-corrected chi connectivity index (χ2v) is 11.3. The number of methoxy groups -OCH3 is 1. The highest BCUT2D eigenvalue weighted by molar-refractivity contribution is 8.19. The number of hydrogen-bond acceptors (Lipinski definition) is 6. The van der Waals surface area contributed by atoms with Crippen molar-refractivity contribution in [1.29, 1.82) is 0 Å². The van der Waals surface area contributed by atoms with Gasteiger partial charge in [0, 0.05) is 6.54 Å². The van der Waals surface area contributed by atoms with Crippen LogP contribution < -0.4 is 9.47 Å². The Labute approximate surface area is 225 Å². The fourth-order valence-corrected chi connectivity index (χ4v) is 6.09. The molecular formula is C28H36N2O5S2. The first-order valence-corrected chi connectivity index (χ1v) is 15.0. The van der Waals surface area contributed by atoms with Gasteiger partial charge in [0.05, 0.1) is 23.5 Å². The number of aryl methyl sites for hydroxylation is 1. The Morgan fingerprint density at radius 1 is 0.973 bits per heavy atom. The maximum absolute atomic E-state index is 13.1. The maximum atomic E-state index is 13.1. The normalized spacial score (nSPS) is 16.1. The van der Waals surface area contributed by atoms with Gasteiger partial charge in [-0.1, -0.05) is 57.7 Å². The first-order valence-electron chi connectivity index (χ1n) is 12.8. The molecule has 1 amide bonds. The molecule has 0 radical (unpaired) electrons. The molecule has 2 aromatic rings. The number of hydrogen-bond donors (Lipinski definition) is 0. The highest BCUT2D eigenvalue weighted by atomic mass is 32.2. The van der Waals surface area contributed by atoms with Gasteiger partial charge in [-0.3, -0.25) is 9.69 Å². The third-order valence-corrected chi connectivity index (χ3v) is 8.43. The van der Waals surface area contributed by atoms with E-state index in [2.05, 4.69) is 11.3 Å². The molecule has 1 fully saturated rings. The number of nitrogens with zero attached hydrogens (tertiary/aromatic N) is 2. The number of amidine groups is 1. The molecule has 1 saturated heterocycles. The van der Waals surface area contributed by atoms with Crippen LogP contribution in [0.15, 0.2) is 56.7 Å². The number of carbonyl (C=O) groups excluding carboxylic acids is 1. The van der Waals surface area contributed by atoms with Gasteiger partial charge in [-0.2, -0.15) is 8.42 Å². The van der Waals surface area contributed by atoms with Crippen LogP contribution in [0.25, 0.3) is 6.08 Å². The van der Waals surface area contributed by atoms with Crippen LogP contribution in [0.5, 0.6) is 11.5 Å². The molecule has 0 N–H and O–H groups in total. The fraction of sp³-hybridized carbons (Fsp3) is 0.429. The van der Waals surface area contributed by atoms with Gasteiger partial charge >= 0.3 is 0 Å². The number of amides is 1. The van der Waals surface area contributed by atoms with E-state index in [1.54, 1.807) is 50.4 Å². The summed E-state index contributed by atoms with van der Waals surface area (Å²) in [6, 6.07) is 12.1. The van der Waals surface area contributed by atoms with Gasteiger partial charge in [-0.05, 0) is 73.0 Å². The zero-order valence-electron chi connectivity index (χ0n) is 22.0. The molecule has 200 valence electrons. The van der Waals surface area contributed by atoms with Crippen molar-refractivity contribution in [3.63, 3.8) is 0 Å². The molecule has 1 aliphatic heterocycles. The summed E-state index contributed by atoms with van der Waals surface area (Å²) in [4.78, 5) is 14.9. The van der Waals surface area contributed by atoms with E-state index >= 15 is 0 Å². The van der Waals surface area contributed by atoms with Crippen molar-refractivity contribution in [3.8, 4) is 11.5 Å². The Bertz CT molecular complexity index is 1240. The lowest BCUT2D eigenvalue weighted by Gasteiger charge is -2.12. The first-order chi connectivity index (χ1) is 17.8. The van der Waals surface area contributed by atoms with Gasteiger partial charge in [0.15, 0.2) is 16.7 Å². The van der Waals surface area contributed by atoms with E-state index in [-0.39, 0.29) is 16.0 Å². The number of likely N-dealkylation sites (N-methyl/N-ethyl adjacent to an activating group) is 1. The smallest absolute Gasteiger partial charge is 0.284 e. The molecule has 3 rings (SSSR count). The molecule has 1 heterocycles. The van der Waals surface area contributed by atoms with E-state index in [9.17, 15) is 13.2 Å². The monoisotopic (exact) mass is 544 g/mol. The van der Waals surface area contributed by atoms with Crippen LogP contribution in [0.3, 0.4) is 0 Å². The van der Waals surface area contributed by atoms with Gasteiger partial charge in [0.25, 0.3) is 15.9 Å². The maximum Gasteiger partial charge on any atom is 0.284 e. The predicted octanol–water partition coefficient (Wildman–Crippen LogP) is 6.29. The minimum atomic E-state index is -3.96. The number of rotatable bonds is 13. The molecular weight excluding hydrogens is 508 g/mol. The summed E-state index contributed by atoms with van der Waals surface area (Å²) >= 11 is 1.06. The quantitative estimate of drug-likeness (QED) is 0.218. The largest absolute Gasteiger partial charge is 0.493 e. The van der Waals surface area contributed by atoms with Crippen molar-refractivity contribution in [2.24, 2.45) is 4.40 Å². The molecule has 0 aromatic heterocycles. The average molecular weight is 545 g/mol. The van der Waals surface area contributed by atoms with E-state index in [0.717, 1.165) is 42.2 Å². The summed E-state index contributed by atoms with van der Waals surface area (Å²) in [6.07, 6.45) is 8.24. The molecule has 0 atom stereocenters. The van der Waals surface area contributed by atoms with Crippen LogP contribution in [0.4, 0.5) is 0 Å². The third-order valence-electron chi connectivity index (χ3n) is 6.02. The Kier molecular flexibility index (Phi) is 10.6. The molecule has 1 aliphatic rings. The number of thioether (sulfide) groups is 1. The van der Waals surface area contributed by atoms with Crippen LogP contribution >= 0.6 is 11.8 Å². The highest BCUT2D eigenvalue weighted by Crippen LogP contribution is 2.35. The SMILES string of the molecule is CCCCCCCOc1cc(/C=C2\SC(=NS(=O)(=O)c3ccc(CC)cc3)N(CC)C2=O)ccc1OC. The fourth-order valence-electron chi connectivity index (χ4n) is 3.84. The van der Waals surface area contributed by atoms with Crippen molar-refractivity contribution < 1.29 is 22.7 Å². The molecule has 9 heteroatoms. The minimum Gasteiger partial charge on any atom is -0.493 e. The zero-order valence-corrected chi connectivity index (χ0v) is 23.7. The Morgan fingerprint density at radius 2 is 1.70 bits per heavy atom. The molecule has 0 spiro atoms. The Balaban J connectivity index is 1.80. The lowest BCUT2D eigenvalue weighted by molar-refractivity contribution is -0.122. The van der Waals surface area contributed by atoms with Gasteiger partial charge in [-0.15, -0.1) is 4.40 Å². The summed E-state index contributed by atoms with van der Waals surface area (Å²) in [5.41, 5.74) is 1.80. The molecule has 0 saturated carbocycles. The number of ether oxygens (including phenoxy) is 2. The number of unbranched alkanes of at least 4 members (excludes halogenated alkanes) is 4. The molecule has 2 aromatic carbocycles. The standard InChI is InChI=1S/C28H36N2O5S2/c1-5-8-9-10-11-18-35-25-19-22(14-17-24(25)34-4)20-26-27(31)30(7-3)28(36-26)29-37(32,33)23-15-12-21(6-2)13-16-23/h12-17,19-20H,5-11,18H2,1-4H3/b26-20-,29-28?. The second kappa shape index (κ2) is 13.7. The number of benzene rings is 2. The van der Waals surface area contributed by atoms with E-state index in [0.29, 0.717) is 29.6 Å². The van der Waals surface area contributed by atoms with Gasteiger partial charge in [0.1, 0.15) is 0 Å². The second-order valence-electron chi connectivity index (χ2n) is 8.68. The molecule has 37 heavy (non-hydrogen) atoms. The summed E-state index contributed by atoms with van der Waals surface area (Å²) in [6.45, 7) is 6.88. The average Bonchev–Trinajstić information content (AvgIpc) is 3.18. The van der Waals surface area contributed by atoms with E-state index < -0.39 is 10.0 Å². The van der Waals surface area contributed by atoms with E-state index in [1.165, 1.54) is 24.2 Å². The van der Waals surface area contributed by atoms with Crippen LogP contribution in [-0.2, 0) is 21.2 Å². The first kappa shape index (κ1) is 28.8. The predicted molar refractivity (Wildman–Crippen MR) is 151 cm³/mol. The number of sulfonamides is 1. The Hall–Kier alpha value is -2.78. The van der Waals surface area contributed by atoms with Crippen molar-refractivity contribution in [1.82, 2.24) is 4.90 Å². The van der Waals surface area contributed by atoms with E-state index in [4.69, 9.17) is 9.47 Å². The van der Waals surface area contributed by atoms with Crippen LogP contribution in [-0.4, -0.2) is 44.7 Å².